The molecule has 2 aromatic rings. The number of nitrogens with zero attached hydrogens (tertiary/aromatic N) is 3. The predicted molar refractivity (Wildman–Crippen MR) is 110 cm³/mol. The van der Waals surface area contributed by atoms with Gasteiger partial charge in [-0.1, -0.05) is 30.3 Å². The Kier molecular flexibility index (Phi) is 5.69. The van der Waals surface area contributed by atoms with Gasteiger partial charge in [0.25, 0.3) is 0 Å². The number of benzene rings is 1. The number of amides is 1. The van der Waals surface area contributed by atoms with Crippen molar-refractivity contribution in [1.82, 2.24) is 14.9 Å². The minimum atomic E-state index is -0.824. The second-order valence-electron chi connectivity index (χ2n) is 7.80. The number of hydrogen-bond donors (Lipinski definition) is 1. The van der Waals surface area contributed by atoms with E-state index in [2.05, 4.69) is 16.0 Å². The van der Waals surface area contributed by atoms with Gasteiger partial charge in [0.2, 0.25) is 5.91 Å². The molecule has 1 amide bonds. The second kappa shape index (κ2) is 8.55. The van der Waals surface area contributed by atoms with Gasteiger partial charge in [-0.3, -0.25) is 9.59 Å². The van der Waals surface area contributed by atoms with Gasteiger partial charge in [-0.2, -0.15) is 0 Å². The monoisotopic (exact) mass is 391 g/mol. The summed E-state index contributed by atoms with van der Waals surface area (Å²) >= 11 is 0. The van der Waals surface area contributed by atoms with Gasteiger partial charge >= 0.3 is 5.97 Å². The molecule has 2 heterocycles. The molecule has 4 rings (SSSR count). The topological polar surface area (TPSA) is 83.4 Å². The fraction of sp³-hybridized carbons (Fsp3) is 0.391. The van der Waals surface area contributed by atoms with Crippen LogP contribution in [0.25, 0.3) is 17.0 Å². The first-order chi connectivity index (χ1) is 14.1. The van der Waals surface area contributed by atoms with Crippen LogP contribution in [0.1, 0.15) is 43.2 Å². The van der Waals surface area contributed by atoms with E-state index in [1.165, 1.54) is 18.4 Å². The van der Waals surface area contributed by atoms with Crippen LogP contribution in [0.4, 0.5) is 0 Å². The van der Waals surface area contributed by atoms with Gasteiger partial charge in [-0.25, -0.2) is 9.97 Å². The fourth-order valence-corrected chi connectivity index (χ4v) is 3.81. The van der Waals surface area contributed by atoms with E-state index in [9.17, 15) is 9.59 Å². The first-order valence-electron chi connectivity index (χ1n) is 10.2. The third-order valence-electron chi connectivity index (χ3n) is 5.74. The average Bonchev–Trinajstić information content (AvgIpc) is 2.72. The van der Waals surface area contributed by atoms with Crippen molar-refractivity contribution in [1.29, 1.82) is 0 Å². The van der Waals surface area contributed by atoms with E-state index in [-0.39, 0.29) is 5.91 Å². The maximum absolute atomic E-state index is 12.1. The Morgan fingerprint density at radius 1 is 1.03 bits per heavy atom. The molecular formula is C23H25N3O3. The molecule has 0 saturated carbocycles. The van der Waals surface area contributed by atoms with Crippen LogP contribution in [0.5, 0.6) is 0 Å². The van der Waals surface area contributed by atoms with Gasteiger partial charge < -0.3 is 10.0 Å². The molecule has 0 spiro atoms. The normalized spacial score (nSPS) is 16.8. The first-order valence-corrected chi connectivity index (χ1v) is 10.2. The minimum absolute atomic E-state index is 0.0162. The van der Waals surface area contributed by atoms with Crippen molar-refractivity contribution in [3.8, 4) is 11.4 Å². The lowest BCUT2D eigenvalue weighted by Crippen LogP contribution is -2.53. The Hall–Kier alpha value is -3.02. The highest BCUT2D eigenvalue weighted by atomic mass is 16.4. The molecule has 6 heteroatoms. The Balaban J connectivity index is 1.31. The smallest absolute Gasteiger partial charge is 0.310 e. The third kappa shape index (κ3) is 4.53. The number of carbonyl (C=O) groups is 2. The number of carbonyl (C=O) groups excluding carboxylic acids is 1. The van der Waals surface area contributed by atoms with Gasteiger partial charge in [0.15, 0.2) is 5.82 Å². The van der Waals surface area contributed by atoms with Gasteiger partial charge in [-0.15, -0.1) is 0 Å². The van der Waals surface area contributed by atoms with Gasteiger partial charge in [0.05, 0.1) is 5.92 Å². The summed E-state index contributed by atoms with van der Waals surface area (Å²) in [6, 6.07) is 7.97. The summed E-state index contributed by atoms with van der Waals surface area (Å²) in [4.78, 5) is 33.6. The largest absolute Gasteiger partial charge is 0.481 e. The summed E-state index contributed by atoms with van der Waals surface area (Å²) < 4.78 is 0. The maximum atomic E-state index is 12.1. The van der Waals surface area contributed by atoms with Crippen LogP contribution < -0.4 is 0 Å². The highest BCUT2D eigenvalue weighted by Gasteiger charge is 2.35. The van der Waals surface area contributed by atoms with Crippen molar-refractivity contribution in [3.63, 3.8) is 0 Å². The summed E-state index contributed by atoms with van der Waals surface area (Å²) in [5, 5.41) is 8.89. The number of aromatic nitrogens is 2. The van der Waals surface area contributed by atoms with Gasteiger partial charge in [-0.05, 0) is 43.2 Å². The van der Waals surface area contributed by atoms with Crippen LogP contribution in [0.15, 0.2) is 42.7 Å². The highest BCUT2D eigenvalue weighted by Crippen LogP contribution is 2.26. The van der Waals surface area contributed by atoms with E-state index < -0.39 is 11.9 Å². The number of allylic oxidation sites excluding steroid dienone is 2. The van der Waals surface area contributed by atoms with Crippen LogP contribution in [0, 0.1) is 5.92 Å². The fourth-order valence-electron chi connectivity index (χ4n) is 3.81. The molecule has 0 unspecified atom stereocenters. The minimum Gasteiger partial charge on any atom is -0.481 e. The molecule has 1 aliphatic carbocycles. The van der Waals surface area contributed by atoms with Crippen molar-refractivity contribution in [2.75, 3.05) is 13.1 Å². The summed E-state index contributed by atoms with van der Waals surface area (Å²) in [7, 11) is 0. The first kappa shape index (κ1) is 19.3. The zero-order valence-corrected chi connectivity index (χ0v) is 16.4. The van der Waals surface area contributed by atoms with Crippen LogP contribution in [-0.2, 0) is 16.0 Å². The van der Waals surface area contributed by atoms with Crippen molar-refractivity contribution < 1.29 is 14.7 Å². The third-order valence-corrected chi connectivity index (χ3v) is 5.74. The molecule has 2 aliphatic rings. The van der Waals surface area contributed by atoms with E-state index in [1.54, 1.807) is 4.90 Å². The molecule has 1 fully saturated rings. The number of rotatable bonds is 6. The maximum Gasteiger partial charge on any atom is 0.310 e. The van der Waals surface area contributed by atoms with Gasteiger partial charge in [0, 0.05) is 43.0 Å². The van der Waals surface area contributed by atoms with Crippen molar-refractivity contribution in [3.05, 3.63) is 53.9 Å². The van der Waals surface area contributed by atoms with Crippen LogP contribution in [-0.4, -0.2) is 44.9 Å². The van der Waals surface area contributed by atoms with Gasteiger partial charge in [0.1, 0.15) is 0 Å². The number of carboxylic acid groups (broad SMARTS) is 1. The molecule has 1 aromatic carbocycles. The number of aryl methyl sites for hydroxylation is 1. The van der Waals surface area contributed by atoms with Crippen molar-refractivity contribution in [2.45, 2.75) is 38.5 Å². The highest BCUT2D eigenvalue weighted by molar-refractivity contribution is 5.81. The summed E-state index contributed by atoms with van der Waals surface area (Å²) in [6.45, 7) is 0.661. The van der Waals surface area contributed by atoms with Crippen molar-refractivity contribution in [2.24, 2.45) is 5.92 Å². The van der Waals surface area contributed by atoms with Crippen LogP contribution in [0.2, 0.25) is 0 Å². The Morgan fingerprint density at radius 3 is 2.38 bits per heavy atom. The Labute approximate surface area is 170 Å². The molecule has 0 atom stereocenters. The Bertz CT molecular complexity index is 913. The molecule has 1 aromatic heterocycles. The molecular weight excluding hydrogens is 366 g/mol. The molecule has 1 saturated heterocycles. The molecule has 6 nitrogen and oxygen atoms in total. The lowest BCUT2D eigenvalue weighted by Gasteiger charge is -2.36. The molecule has 29 heavy (non-hydrogen) atoms. The molecule has 1 aliphatic heterocycles. The lowest BCUT2D eigenvalue weighted by molar-refractivity contribution is -0.152. The zero-order valence-electron chi connectivity index (χ0n) is 16.4. The SMILES string of the molecule is O=C(O)C1CN(C(=O)CCc2ccc(-c3ncc(C4=CCCCC4)cn3)cc2)C1. The molecule has 1 N–H and O–H groups in total. The summed E-state index contributed by atoms with van der Waals surface area (Å²) in [5.41, 5.74) is 4.48. The quantitative estimate of drug-likeness (QED) is 0.814. The standard InChI is InChI=1S/C23H25N3O3/c27-21(26-14-20(15-26)23(28)29)11-8-16-6-9-18(10-7-16)22-24-12-19(13-25-22)17-4-2-1-3-5-17/h4,6-7,9-10,12-13,20H,1-3,5,8,11,14-15H2,(H,28,29). The summed E-state index contributed by atoms with van der Waals surface area (Å²) in [5.74, 6) is -0.509. The average molecular weight is 391 g/mol. The number of likely N-dealkylation sites (tertiary alicyclic amines) is 1. The predicted octanol–water partition coefficient (Wildman–Crippen LogP) is 3.58. The number of aliphatic carboxylic acids is 1. The summed E-state index contributed by atoms with van der Waals surface area (Å²) in [6.07, 6.45) is 11.9. The molecule has 150 valence electrons. The zero-order chi connectivity index (χ0) is 20.2. The van der Waals surface area contributed by atoms with Crippen molar-refractivity contribution >= 4 is 17.4 Å². The van der Waals surface area contributed by atoms with E-state index in [4.69, 9.17) is 5.11 Å². The molecule has 0 bridgehead atoms. The lowest BCUT2D eigenvalue weighted by atomic mass is 9.95. The van der Waals surface area contributed by atoms with E-state index >= 15 is 0 Å². The van der Waals surface area contributed by atoms with E-state index in [0.29, 0.717) is 31.8 Å². The van der Waals surface area contributed by atoms with E-state index in [0.717, 1.165) is 29.5 Å². The Morgan fingerprint density at radius 2 is 1.76 bits per heavy atom. The van der Waals surface area contributed by atoms with Crippen LogP contribution >= 0.6 is 0 Å². The second-order valence-corrected chi connectivity index (χ2v) is 7.80. The van der Waals surface area contributed by atoms with Crippen LogP contribution in [0.3, 0.4) is 0 Å². The molecule has 0 radical (unpaired) electrons. The number of carboxylic acids is 1. The number of hydrogen-bond acceptors (Lipinski definition) is 4. The van der Waals surface area contributed by atoms with E-state index in [1.807, 2.05) is 36.7 Å².